The summed E-state index contributed by atoms with van der Waals surface area (Å²) < 4.78 is 0. The number of carbonyl (C=O) groups is 3. The van der Waals surface area contributed by atoms with Crippen LogP contribution in [0.25, 0.3) is 0 Å². The number of amides is 3. The van der Waals surface area contributed by atoms with Crippen molar-refractivity contribution in [3.8, 4) is 0 Å². The van der Waals surface area contributed by atoms with Gasteiger partial charge in [0.05, 0.1) is 5.92 Å². The SMILES string of the molecule is NC(N)=NCCC[C@@H](NC(=O)C(c1ccccc1)c1ccccc1)C(=O)NCc1ccc(CNC(=O)c2ccccc2)cc1. The molecular formula is C35H38N6O3. The standard InChI is InChI=1S/C35H38N6O3/c36-35(37)38-22-10-17-30(41-34(44)31(27-11-4-1-5-12-27)28-13-6-2-7-14-28)33(43)40-24-26-20-18-25(19-21-26)23-39-32(42)29-15-8-3-9-16-29/h1-9,11-16,18-21,30-31H,10,17,22-24H2,(H,39,42)(H,40,43)(H,41,44)(H4,36,37,38)/t30-/m1/s1. The van der Waals surface area contributed by atoms with Crippen molar-refractivity contribution in [1.82, 2.24) is 16.0 Å². The lowest BCUT2D eigenvalue weighted by Crippen LogP contribution is -2.48. The van der Waals surface area contributed by atoms with Crippen molar-refractivity contribution in [2.24, 2.45) is 16.5 Å². The quantitative estimate of drug-likeness (QED) is 0.0864. The van der Waals surface area contributed by atoms with Crippen LogP contribution in [0.4, 0.5) is 0 Å². The lowest BCUT2D eigenvalue weighted by Gasteiger charge is -2.23. The number of nitrogens with two attached hydrogens (primary N) is 2. The van der Waals surface area contributed by atoms with Crippen LogP contribution in [0.2, 0.25) is 0 Å². The second-order valence-corrected chi connectivity index (χ2v) is 10.3. The molecule has 0 saturated carbocycles. The number of hydrogen-bond acceptors (Lipinski definition) is 4. The number of nitrogens with one attached hydrogen (secondary N) is 3. The number of benzene rings is 4. The lowest BCUT2D eigenvalue weighted by molar-refractivity contribution is -0.129. The molecular weight excluding hydrogens is 552 g/mol. The smallest absolute Gasteiger partial charge is 0.251 e. The van der Waals surface area contributed by atoms with Gasteiger partial charge in [-0.3, -0.25) is 19.4 Å². The highest BCUT2D eigenvalue weighted by Gasteiger charge is 2.27. The zero-order valence-electron chi connectivity index (χ0n) is 24.5. The van der Waals surface area contributed by atoms with E-state index < -0.39 is 12.0 Å². The van der Waals surface area contributed by atoms with Crippen molar-refractivity contribution >= 4 is 23.7 Å². The molecule has 226 valence electrons. The van der Waals surface area contributed by atoms with Gasteiger partial charge in [0.1, 0.15) is 6.04 Å². The average molecular weight is 591 g/mol. The highest BCUT2D eigenvalue weighted by atomic mass is 16.2. The first-order valence-corrected chi connectivity index (χ1v) is 14.5. The first kappa shape index (κ1) is 31.5. The van der Waals surface area contributed by atoms with Crippen LogP contribution >= 0.6 is 0 Å². The molecule has 0 unspecified atom stereocenters. The summed E-state index contributed by atoms with van der Waals surface area (Å²) in [5.41, 5.74) is 15.0. The van der Waals surface area contributed by atoms with Crippen LogP contribution in [-0.4, -0.2) is 36.3 Å². The first-order valence-electron chi connectivity index (χ1n) is 14.5. The van der Waals surface area contributed by atoms with Crippen molar-refractivity contribution in [3.05, 3.63) is 143 Å². The Balaban J connectivity index is 1.39. The van der Waals surface area contributed by atoms with Crippen LogP contribution in [0.3, 0.4) is 0 Å². The minimum absolute atomic E-state index is 0.0219. The van der Waals surface area contributed by atoms with Crippen molar-refractivity contribution in [1.29, 1.82) is 0 Å². The minimum Gasteiger partial charge on any atom is -0.370 e. The summed E-state index contributed by atoms with van der Waals surface area (Å²) in [5.74, 6) is -1.32. The Hall–Kier alpha value is -5.44. The molecule has 7 N–H and O–H groups in total. The summed E-state index contributed by atoms with van der Waals surface area (Å²) in [4.78, 5) is 43.5. The zero-order chi connectivity index (χ0) is 31.1. The molecule has 9 heteroatoms. The fraction of sp³-hybridized carbons (Fsp3) is 0.200. The summed E-state index contributed by atoms with van der Waals surface area (Å²) in [6.07, 6.45) is 0.853. The first-order chi connectivity index (χ1) is 21.4. The van der Waals surface area contributed by atoms with Crippen molar-refractivity contribution in [2.45, 2.75) is 37.9 Å². The van der Waals surface area contributed by atoms with Gasteiger partial charge >= 0.3 is 0 Å². The fourth-order valence-corrected chi connectivity index (χ4v) is 4.77. The van der Waals surface area contributed by atoms with Crippen LogP contribution in [-0.2, 0) is 22.7 Å². The predicted octanol–water partition coefficient (Wildman–Crippen LogP) is 3.60. The fourth-order valence-electron chi connectivity index (χ4n) is 4.77. The van der Waals surface area contributed by atoms with Gasteiger partial charge in [-0.05, 0) is 47.2 Å². The Morgan fingerprint density at radius 1 is 0.636 bits per heavy atom. The molecule has 0 radical (unpaired) electrons. The van der Waals surface area contributed by atoms with Crippen molar-refractivity contribution in [2.75, 3.05) is 6.54 Å². The summed E-state index contributed by atoms with van der Waals surface area (Å²) in [7, 11) is 0. The number of hydrogen-bond donors (Lipinski definition) is 5. The van der Waals surface area contributed by atoms with E-state index >= 15 is 0 Å². The van der Waals surface area contributed by atoms with Gasteiger partial charge in [0.2, 0.25) is 11.8 Å². The number of nitrogens with zero attached hydrogens (tertiary/aromatic N) is 1. The Bertz CT molecular complexity index is 1480. The second-order valence-electron chi connectivity index (χ2n) is 10.3. The van der Waals surface area contributed by atoms with Crippen LogP contribution < -0.4 is 27.4 Å². The molecule has 0 aliphatic rings. The minimum atomic E-state index is -0.793. The summed E-state index contributed by atoms with van der Waals surface area (Å²) in [5, 5.41) is 8.85. The van der Waals surface area contributed by atoms with Gasteiger partial charge < -0.3 is 27.4 Å². The maximum Gasteiger partial charge on any atom is 0.251 e. The Kier molecular flexibility index (Phi) is 11.6. The number of guanidine groups is 1. The Morgan fingerprint density at radius 3 is 1.66 bits per heavy atom. The van der Waals surface area contributed by atoms with Crippen molar-refractivity contribution < 1.29 is 14.4 Å². The van der Waals surface area contributed by atoms with E-state index in [9.17, 15) is 14.4 Å². The Morgan fingerprint density at radius 2 is 1.14 bits per heavy atom. The van der Waals surface area contributed by atoms with E-state index in [1.807, 2.05) is 103 Å². The number of carbonyl (C=O) groups excluding carboxylic acids is 3. The molecule has 0 heterocycles. The third kappa shape index (κ3) is 9.55. The Labute approximate surface area is 257 Å². The maximum absolute atomic E-state index is 13.7. The van der Waals surface area contributed by atoms with E-state index in [0.717, 1.165) is 22.3 Å². The third-order valence-corrected chi connectivity index (χ3v) is 7.09. The molecule has 44 heavy (non-hydrogen) atoms. The topological polar surface area (TPSA) is 152 Å². The molecule has 9 nitrogen and oxygen atoms in total. The summed E-state index contributed by atoms with van der Waals surface area (Å²) in [6.45, 7) is 0.996. The molecule has 0 aliphatic heterocycles. The van der Waals surface area contributed by atoms with E-state index in [4.69, 9.17) is 11.5 Å². The van der Waals surface area contributed by atoms with Crippen LogP contribution in [0.5, 0.6) is 0 Å². The number of aliphatic imine (C=N–C) groups is 1. The van der Waals surface area contributed by atoms with Gasteiger partial charge in [0.25, 0.3) is 5.91 Å². The zero-order valence-corrected chi connectivity index (χ0v) is 24.5. The van der Waals surface area contributed by atoms with Crippen LogP contribution in [0.1, 0.15) is 51.4 Å². The summed E-state index contributed by atoms with van der Waals surface area (Å²) in [6, 6.07) is 34.8. The maximum atomic E-state index is 13.7. The molecule has 4 aromatic rings. The van der Waals surface area contributed by atoms with E-state index in [0.29, 0.717) is 31.5 Å². The molecule has 0 fully saturated rings. The van der Waals surface area contributed by atoms with Gasteiger partial charge in [0.15, 0.2) is 5.96 Å². The molecule has 0 spiro atoms. The molecule has 0 saturated heterocycles. The highest BCUT2D eigenvalue weighted by Crippen LogP contribution is 2.25. The lowest BCUT2D eigenvalue weighted by atomic mass is 9.90. The summed E-state index contributed by atoms with van der Waals surface area (Å²) >= 11 is 0. The van der Waals surface area contributed by atoms with Crippen LogP contribution in [0, 0.1) is 0 Å². The highest BCUT2D eigenvalue weighted by molar-refractivity contribution is 5.94. The molecule has 0 aromatic heterocycles. The van der Waals surface area contributed by atoms with Crippen molar-refractivity contribution in [3.63, 3.8) is 0 Å². The van der Waals surface area contributed by atoms with Gasteiger partial charge in [-0.1, -0.05) is 103 Å². The molecule has 3 amide bonds. The predicted molar refractivity (Wildman–Crippen MR) is 172 cm³/mol. The van der Waals surface area contributed by atoms with Gasteiger partial charge in [-0.15, -0.1) is 0 Å². The van der Waals surface area contributed by atoms with Crippen LogP contribution in [0.15, 0.2) is 120 Å². The van der Waals surface area contributed by atoms with Gasteiger partial charge in [0, 0.05) is 25.2 Å². The largest absolute Gasteiger partial charge is 0.370 e. The second kappa shape index (κ2) is 16.3. The average Bonchev–Trinajstić information content (AvgIpc) is 3.05. The van der Waals surface area contributed by atoms with Gasteiger partial charge in [-0.25, -0.2) is 0 Å². The molecule has 1 atom stereocenters. The molecule has 4 aromatic carbocycles. The molecule has 4 rings (SSSR count). The normalized spacial score (nSPS) is 11.3. The molecule has 0 bridgehead atoms. The monoisotopic (exact) mass is 590 g/mol. The molecule has 0 aliphatic carbocycles. The van der Waals surface area contributed by atoms with E-state index in [-0.39, 0.29) is 30.2 Å². The third-order valence-electron chi connectivity index (χ3n) is 7.09. The van der Waals surface area contributed by atoms with Gasteiger partial charge in [-0.2, -0.15) is 0 Å². The van der Waals surface area contributed by atoms with E-state index in [1.54, 1.807) is 12.1 Å². The van der Waals surface area contributed by atoms with E-state index in [2.05, 4.69) is 20.9 Å². The van der Waals surface area contributed by atoms with E-state index in [1.165, 1.54) is 0 Å². The number of rotatable bonds is 14.